The van der Waals surface area contributed by atoms with E-state index in [1.165, 1.54) is 18.2 Å². The van der Waals surface area contributed by atoms with Crippen LogP contribution in [0.15, 0.2) is 42.0 Å². The van der Waals surface area contributed by atoms with Crippen LogP contribution in [0.5, 0.6) is 5.75 Å². The smallest absolute Gasteiger partial charge is 0.342 e. The first kappa shape index (κ1) is 24.7. The summed E-state index contributed by atoms with van der Waals surface area (Å²) in [4.78, 5) is 37.8. The van der Waals surface area contributed by atoms with Crippen LogP contribution in [0.2, 0.25) is 0 Å². The zero-order chi connectivity index (χ0) is 26.0. The van der Waals surface area contributed by atoms with E-state index in [1.54, 1.807) is 12.2 Å². The van der Waals surface area contributed by atoms with Gasteiger partial charge in [0.1, 0.15) is 16.9 Å². The van der Waals surface area contributed by atoms with Crippen molar-refractivity contribution in [2.75, 3.05) is 12.3 Å². The number of hydrogen-bond donors (Lipinski definition) is 4. The molecule has 0 radical (unpaired) electrons. The number of fused-ring (bicyclic) bond motifs is 5. The number of carbonyl (C=O) groups is 3. The van der Waals surface area contributed by atoms with Crippen LogP contribution < -0.4 is 5.73 Å². The maximum Gasteiger partial charge on any atom is 0.342 e. The molecule has 4 aliphatic carbocycles. The Balaban J connectivity index is 1.36. The van der Waals surface area contributed by atoms with Crippen LogP contribution in [-0.4, -0.2) is 51.2 Å². The number of aliphatic hydroxyl groups is 2. The number of ketones is 2. The zero-order valence-electron chi connectivity index (χ0n) is 20.6. The Morgan fingerprint density at radius 3 is 2.72 bits per heavy atom. The van der Waals surface area contributed by atoms with Crippen molar-refractivity contribution in [1.29, 1.82) is 0 Å². The molecule has 0 aromatic heterocycles. The number of anilines is 1. The highest BCUT2D eigenvalue weighted by molar-refractivity contribution is 6.01. The number of phenolic OH excluding ortho intramolecular Hbond substituents is 1. The highest BCUT2D eigenvalue weighted by Crippen LogP contribution is 2.67. The second kappa shape index (κ2) is 8.28. The third-order valence-electron chi connectivity index (χ3n) is 9.68. The van der Waals surface area contributed by atoms with Gasteiger partial charge in [-0.2, -0.15) is 0 Å². The van der Waals surface area contributed by atoms with E-state index >= 15 is 0 Å². The van der Waals surface area contributed by atoms with Crippen LogP contribution in [0, 0.1) is 28.6 Å². The Kier molecular flexibility index (Phi) is 5.68. The number of Topliss-reactive ketones (excluding diaryl/α,β-unsaturated/α-hetero) is 1. The van der Waals surface area contributed by atoms with Crippen molar-refractivity contribution in [2.45, 2.75) is 57.7 Å². The number of hydrogen-bond acceptors (Lipinski definition) is 8. The minimum atomic E-state index is -1.75. The normalized spacial score (nSPS) is 39.0. The lowest BCUT2D eigenvalue weighted by Gasteiger charge is -2.59. The van der Waals surface area contributed by atoms with Gasteiger partial charge in [-0.05, 0) is 74.3 Å². The Hall–Kier alpha value is -2.97. The molecule has 0 aliphatic heterocycles. The quantitative estimate of drug-likeness (QED) is 0.283. The first-order valence-corrected chi connectivity index (χ1v) is 12.5. The predicted octanol–water partition coefficient (Wildman–Crippen LogP) is 2.71. The van der Waals surface area contributed by atoms with Gasteiger partial charge in [0.2, 0.25) is 5.78 Å². The van der Waals surface area contributed by atoms with E-state index in [0.29, 0.717) is 6.42 Å². The van der Waals surface area contributed by atoms with Crippen molar-refractivity contribution >= 4 is 23.2 Å². The highest BCUT2D eigenvalue weighted by atomic mass is 16.5. The number of nitrogen functional groups attached to an aromatic ring is 1. The van der Waals surface area contributed by atoms with Crippen LogP contribution in [0.25, 0.3) is 0 Å². The number of carbonyl (C=O) groups excluding carboxylic acids is 3. The fourth-order valence-electron chi connectivity index (χ4n) is 7.83. The first-order chi connectivity index (χ1) is 16.9. The lowest BCUT2D eigenvalue weighted by molar-refractivity contribution is -0.178. The van der Waals surface area contributed by atoms with E-state index < -0.39 is 40.9 Å². The molecule has 0 heterocycles. The molecule has 4 aliphatic rings. The van der Waals surface area contributed by atoms with Gasteiger partial charge in [-0.25, -0.2) is 4.79 Å². The number of ether oxygens (including phenoxy) is 1. The van der Waals surface area contributed by atoms with Crippen LogP contribution >= 0.6 is 0 Å². The molecule has 7 atom stereocenters. The highest BCUT2D eigenvalue weighted by Gasteiger charge is 2.68. The largest absolute Gasteiger partial charge is 0.507 e. The second-order valence-corrected chi connectivity index (χ2v) is 11.4. The molecular formula is C28H33NO7. The van der Waals surface area contributed by atoms with Crippen molar-refractivity contribution in [3.05, 3.63) is 47.6 Å². The van der Waals surface area contributed by atoms with Gasteiger partial charge in [0.15, 0.2) is 12.4 Å². The number of esters is 1. The fourth-order valence-corrected chi connectivity index (χ4v) is 7.83. The molecule has 5 N–H and O–H groups in total. The summed E-state index contributed by atoms with van der Waals surface area (Å²) >= 11 is 0. The minimum Gasteiger partial charge on any atom is -0.507 e. The van der Waals surface area contributed by atoms with Gasteiger partial charge in [0, 0.05) is 22.4 Å². The van der Waals surface area contributed by atoms with Gasteiger partial charge in [0.05, 0.1) is 6.10 Å². The number of aliphatic hydroxyl groups excluding tert-OH is 1. The van der Waals surface area contributed by atoms with E-state index in [0.717, 1.165) is 18.4 Å². The summed E-state index contributed by atoms with van der Waals surface area (Å²) in [5.74, 6) is -1.89. The standard InChI is InChI=1S/C28H33NO7/c1-26-9-7-17(30)11-15(26)3-5-18-20-8-10-28(35,27(20,2)13-22(32)24(18)26)23(33)14-36-25(34)19-12-16(29)4-6-21(19)31/h4,6-7,9,11-12,18,20,22,24,31-32,35H,3,5,8,10,13-14,29H2,1-2H3. The third-order valence-corrected chi connectivity index (χ3v) is 9.68. The SMILES string of the molecule is CC12C=CC(=O)C=C1CCC1C2C(O)CC2(C)C1CCC2(O)C(=O)COC(=O)c1cc(N)ccc1O. The first-order valence-electron chi connectivity index (χ1n) is 12.5. The van der Waals surface area contributed by atoms with E-state index in [9.17, 15) is 29.7 Å². The summed E-state index contributed by atoms with van der Waals surface area (Å²) in [7, 11) is 0. The monoisotopic (exact) mass is 495 g/mol. The molecule has 8 nitrogen and oxygen atoms in total. The van der Waals surface area contributed by atoms with E-state index in [1.807, 2.05) is 13.0 Å². The summed E-state index contributed by atoms with van der Waals surface area (Å²) in [6, 6.07) is 3.97. The van der Waals surface area contributed by atoms with Crippen LogP contribution in [0.4, 0.5) is 5.69 Å². The Morgan fingerprint density at radius 2 is 1.97 bits per heavy atom. The maximum absolute atomic E-state index is 13.4. The van der Waals surface area contributed by atoms with Gasteiger partial charge >= 0.3 is 5.97 Å². The number of aromatic hydroxyl groups is 1. The molecule has 0 amide bonds. The summed E-state index contributed by atoms with van der Waals surface area (Å²) < 4.78 is 5.18. The Labute approximate surface area is 209 Å². The maximum atomic E-state index is 13.4. The molecular weight excluding hydrogens is 462 g/mol. The van der Waals surface area contributed by atoms with Gasteiger partial charge in [-0.3, -0.25) is 9.59 Å². The molecule has 7 unspecified atom stereocenters. The van der Waals surface area contributed by atoms with Gasteiger partial charge in [0.25, 0.3) is 0 Å². The molecule has 3 fully saturated rings. The molecule has 192 valence electrons. The third kappa shape index (κ3) is 3.45. The number of rotatable bonds is 4. The topological polar surface area (TPSA) is 147 Å². The number of phenols is 1. The van der Waals surface area contributed by atoms with Crippen molar-refractivity contribution in [3.8, 4) is 5.75 Å². The van der Waals surface area contributed by atoms with Gasteiger partial charge < -0.3 is 25.8 Å². The number of benzene rings is 1. The van der Waals surface area contributed by atoms with Crippen LogP contribution in [-0.2, 0) is 14.3 Å². The summed E-state index contributed by atoms with van der Waals surface area (Å²) in [6.07, 6.45) is 7.00. The molecule has 0 saturated heterocycles. The van der Waals surface area contributed by atoms with Gasteiger partial charge in [-0.15, -0.1) is 0 Å². The minimum absolute atomic E-state index is 0.00193. The average molecular weight is 496 g/mol. The van der Waals surface area contributed by atoms with Gasteiger partial charge in [-0.1, -0.05) is 25.5 Å². The van der Waals surface area contributed by atoms with E-state index in [-0.39, 0.29) is 53.4 Å². The summed E-state index contributed by atoms with van der Waals surface area (Å²) in [5, 5.41) is 33.1. The fraction of sp³-hybridized carbons (Fsp3) is 0.536. The number of allylic oxidation sites excluding steroid dienone is 4. The zero-order valence-corrected chi connectivity index (χ0v) is 20.6. The second-order valence-electron chi connectivity index (χ2n) is 11.4. The molecule has 5 rings (SSSR count). The Bertz CT molecular complexity index is 1200. The van der Waals surface area contributed by atoms with Crippen LogP contribution in [0.1, 0.15) is 56.3 Å². The van der Waals surface area contributed by atoms with E-state index in [2.05, 4.69) is 6.92 Å². The molecule has 3 saturated carbocycles. The summed E-state index contributed by atoms with van der Waals surface area (Å²) in [5.41, 5.74) is 3.76. The predicted molar refractivity (Wildman–Crippen MR) is 131 cm³/mol. The molecule has 1 aromatic carbocycles. The Morgan fingerprint density at radius 1 is 1.22 bits per heavy atom. The van der Waals surface area contributed by atoms with Crippen molar-refractivity contribution < 1.29 is 34.4 Å². The van der Waals surface area contributed by atoms with Crippen molar-refractivity contribution in [2.24, 2.45) is 28.6 Å². The van der Waals surface area contributed by atoms with Crippen molar-refractivity contribution in [3.63, 3.8) is 0 Å². The summed E-state index contributed by atoms with van der Waals surface area (Å²) in [6.45, 7) is 3.29. The van der Waals surface area contributed by atoms with Crippen LogP contribution in [0.3, 0.4) is 0 Å². The molecule has 0 bridgehead atoms. The molecule has 1 aromatic rings. The number of nitrogens with two attached hydrogens (primary N) is 1. The molecule has 36 heavy (non-hydrogen) atoms. The lowest BCUT2D eigenvalue weighted by Crippen LogP contribution is -2.61. The molecule has 0 spiro atoms. The van der Waals surface area contributed by atoms with Crippen molar-refractivity contribution in [1.82, 2.24) is 0 Å². The van der Waals surface area contributed by atoms with E-state index in [4.69, 9.17) is 10.5 Å². The lowest BCUT2D eigenvalue weighted by atomic mass is 9.46. The average Bonchev–Trinajstić information content (AvgIpc) is 3.10. The molecule has 8 heteroatoms.